The standard InChI is InChI=1S/C12H7BrClF4N3/c13-7-1-2-8(15)6(3-7)5-19-10-4-9(12(16,17)18)20-11(14)21-10/h1-4H,5H2,(H,19,20,21). The molecule has 2 rings (SSSR count). The van der Waals surface area contributed by atoms with Crippen LogP contribution in [0.25, 0.3) is 0 Å². The molecular formula is C12H7BrClF4N3. The molecule has 1 aromatic carbocycles. The molecule has 3 nitrogen and oxygen atoms in total. The first-order valence-corrected chi connectivity index (χ1v) is 6.72. The van der Waals surface area contributed by atoms with Gasteiger partial charge in [0.25, 0.3) is 0 Å². The molecule has 0 saturated carbocycles. The molecule has 0 spiro atoms. The summed E-state index contributed by atoms with van der Waals surface area (Å²) >= 11 is 8.63. The topological polar surface area (TPSA) is 37.8 Å². The summed E-state index contributed by atoms with van der Waals surface area (Å²) < 4.78 is 51.9. The molecule has 1 N–H and O–H groups in total. The molecule has 0 aliphatic carbocycles. The second kappa shape index (κ2) is 6.15. The summed E-state index contributed by atoms with van der Waals surface area (Å²) in [5.74, 6) is -0.622. The van der Waals surface area contributed by atoms with Crippen LogP contribution in [-0.4, -0.2) is 9.97 Å². The molecule has 0 radical (unpaired) electrons. The minimum atomic E-state index is -4.63. The van der Waals surface area contributed by atoms with Gasteiger partial charge in [0.1, 0.15) is 11.6 Å². The van der Waals surface area contributed by atoms with E-state index in [1.165, 1.54) is 18.2 Å². The van der Waals surface area contributed by atoms with Gasteiger partial charge >= 0.3 is 6.18 Å². The van der Waals surface area contributed by atoms with E-state index in [0.29, 0.717) is 10.5 Å². The Kier molecular flexibility index (Phi) is 4.67. The van der Waals surface area contributed by atoms with Crippen molar-refractivity contribution in [1.82, 2.24) is 9.97 Å². The van der Waals surface area contributed by atoms with Gasteiger partial charge in [-0.3, -0.25) is 0 Å². The van der Waals surface area contributed by atoms with Gasteiger partial charge in [0.05, 0.1) is 0 Å². The van der Waals surface area contributed by atoms with Gasteiger partial charge in [-0.05, 0) is 29.8 Å². The van der Waals surface area contributed by atoms with E-state index >= 15 is 0 Å². The van der Waals surface area contributed by atoms with E-state index in [4.69, 9.17) is 11.6 Å². The highest BCUT2D eigenvalue weighted by atomic mass is 79.9. The summed E-state index contributed by atoms with van der Waals surface area (Å²) in [6.07, 6.45) is -4.63. The highest BCUT2D eigenvalue weighted by Gasteiger charge is 2.33. The van der Waals surface area contributed by atoms with Gasteiger partial charge in [0, 0.05) is 22.6 Å². The van der Waals surface area contributed by atoms with E-state index in [1.54, 1.807) is 0 Å². The first-order valence-electron chi connectivity index (χ1n) is 5.55. The van der Waals surface area contributed by atoms with E-state index in [9.17, 15) is 17.6 Å². The number of benzene rings is 1. The van der Waals surface area contributed by atoms with Crippen LogP contribution in [-0.2, 0) is 12.7 Å². The number of anilines is 1. The van der Waals surface area contributed by atoms with Crippen molar-refractivity contribution >= 4 is 33.3 Å². The number of aromatic nitrogens is 2. The fourth-order valence-corrected chi connectivity index (χ4v) is 2.11. The lowest BCUT2D eigenvalue weighted by atomic mass is 10.2. The normalized spacial score (nSPS) is 11.5. The van der Waals surface area contributed by atoms with Crippen LogP contribution >= 0.6 is 27.5 Å². The number of hydrogen-bond donors (Lipinski definition) is 1. The Bertz CT molecular complexity index is 663. The molecule has 9 heteroatoms. The van der Waals surface area contributed by atoms with Crippen molar-refractivity contribution in [3.8, 4) is 0 Å². The first kappa shape index (κ1) is 16.0. The number of nitrogens with zero attached hydrogens (tertiary/aromatic N) is 2. The van der Waals surface area contributed by atoms with Crippen molar-refractivity contribution in [2.75, 3.05) is 5.32 Å². The average molecular weight is 385 g/mol. The third-order valence-corrected chi connectivity index (χ3v) is 3.12. The zero-order valence-corrected chi connectivity index (χ0v) is 12.5. The summed E-state index contributed by atoms with van der Waals surface area (Å²) in [4.78, 5) is 6.72. The largest absolute Gasteiger partial charge is 0.433 e. The molecule has 0 aliphatic heterocycles. The van der Waals surface area contributed by atoms with Gasteiger partial charge in [-0.2, -0.15) is 13.2 Å². The van der Waals surface area contributed by atoms with E-state index in [0.717, 1.165) is 0 Å². The maximum absolute atomic E-state index is 13.5. The lowest BCUT2D eigenvalue weighted by Crippen LogP contribution is -2.11. The van der Waals surface area contributed by atoms with Gasteiger partial charge in [-0.25, -0.2) is 14.4 Å². The number of halogens is 6. The molecule has 0 bridgehead atoms. The Morgan fingerprint density at radius 3 is 2.57 bits per heavy atom. The monoisotopic (exact) mass is 383 g/mol. The van der Waals surface area contributed by atoms with E-state index in [2.05, 4.69) is 31.2 Å². The second-order valence-electron chi connectivity index (χ2n) is 3.99. The minimum Gasteiger partial charge on any atom is -0.366 e. The van der Waals surface area contributed by atoms with Gasteiger partial charge < -0.3 is 5.32 Å². The van der Waals surface area contributed by atoms with Crippen LogP contribution in [0.4, 0.5) is 23.4 Å². The Morgan fingerprint density at radius 2 is 1.90 bits per heavy atom. The highest BCUT2D eigenvalue weighted by Crippen LogP contribution is 2.29. The average Bonchev–Trinajstić information content (AvgIpc) is 2.38. The smallest absolute Gasteiger partial charge is 0.366 e. The number of hydrogen-bond acceptors (Lipinski definition) is 3. The van der Waals surface area contributed by atoms with Crippen LogP contribution in [0.3, 0.4) is 0 Å². The molecular weight excluding hydrogens is 378 g/mol. The fourth-order valence-electron chi connectivity index (χ4n) is 1.52. The van der Waals surface area contributed by atoms with Crippen LogP contribution in [0, 0.1) is 5.82 Å². The molecule has 0 aliphatic rings. The summed E-state index contributed by atoms with van der Waals surface area (Å²) in [7, 11) is 0. The SMILES string of the molecule is Fc1ccc(Br)cc1CNc1cc(C(F)(F)F)nc(Cl)n1. The van der Waals surface area contributed by atoms with E-state index in [1.807, 2.05) is 0 Å². The maximum Gasteiger partial charge on any atom is 0.433 e. The third kappa shape index (κ3) is 4.28. The number of nitrogens with one attached hydrogen (secondary N) is 1. The predicted molar refractivity (Wildman–Crippen MR) is 73.5 cm³/mol. The quantitative estimate of drug-likeness (QED) is 0.618. The zero-order chi connectivity index (χ0) is 15.6. The van der Waals surface area contributed by atoms with Crippen molar-refractivity contribution in [2.24, 2.45) is 0 Å². The van der Waals surface area contributed by atoms with Crippen LogP contribution < -0.4 is 5.32 Å². The summed E-state index contributed by atoms with van der Waals surface area (Å²) in [5.41, 5.74) is -0.896. The zero-order valence-electron chi connectivity index (χ0n) is 10.2. The minimum absolute atomic E-state index is 0.0457. The first-order chi connectivity index (χ1) is 9.75. The molecule has 0 fully saturated rings. The van der Waals surface area contributed by atoms with Crippen molar-refractivity contribution in [2.45, 2.75) is 12.7 Å². The van der Waals surface area contributed by atoms with Crippen LogP contribution in [0.15, 0.2) is 28.7 Å². The summed E-state index contributed by atoms with van der Waals surface area (Å²) in [6.45, 7) is -0.0457. The maximum atomic E-state index is 13.5. The molecule has 112 valence electrons. The Morgan fingerprint density at radius 1 is 1.19 bits per heavy atom. The van der Waals surface area contributed by atoms with Gasteiger partial charge in [0.2, 0.25) is 5.28 Å². The summed E-state index contributed by atoms with van der Waals surface area (Å²) in [5, 5.41) is 2.05. The molecule has 0 unspecified atom stereocenters. The molecule has 0 atom stereocenters. The lowest BCUT2D eigenvalue weighted by molar-refractivity contribution is -0.141. The molecule has 21 heavy (non-hydrogen) atoms. The van der Waals surface area contributed by atoms with E-state index < -0.39 is 23.0 Å². The van der Waals surface area contributed by atoms with Crippen LogP contribution in [0.2, 0.25) is 5.28 Å². The van der Waals surface area contributed by atoms with Crippen LogP contribution in [0.5, 0.6) is 0 Å². The van der Waals surface area contributed by atoms with Crippen LogP contribution in [0.1, 0.15) is 11.3 Å². The van der Waals surface area contributed by atoms with Crippen molar-refractivity contribution in [3.63, 3.8) is 0 Å². The molecule has 1 aromatic heterocycles. The van der Waals surface area contributed by atoms with Gasteiger partial charge in [-0.1, -0.05) is 15.9 Å². The van der Waals surface area contributed by atoms with Gasteiger partial charge in [0.15, 0.2) is 5.69 Å². The van der Waals surface area contributed by atoms with E-state index in [-0.39, 0.29) is 17.9 Å². The van der Waals surface area contributed by atoms with Gasteiger partial charge in [-0.15, -0.1) is 0 Å². The summed E-state index contributed by atoms with van der Waals surface area (Å²) in [6, 6.07) is 4.98. The van der Waals surface area contributed by atoms with Crippen molar-refractivity contribution < 1.29 is 17.6 Å². The molecule has 0 saturated heterocycles. The Labute approximate surface area is 130 Å². The number of alkyl halides is 3. The Hall–Kier alpha value is -1.41. The third-order valence-electron chi connectivity index (χ3n) is 2.46. The number of rotatable bonds is 3. The molecule has 0 amide bonds. The second-order valence-corrected chi connectivity index (χ2v) is 5.25. The van der Waals surface area contributed by atoms with Crippen molar-refractivity contribution in [3.05, 3.63) is 51.1 Å². The Balaban J connectivity index is 2.20. The highest BCUT2D eigenvalue weighted by molar-refractivity contribution is 9.10. The molecule has 2 aromatic rings. The predicted octanol–water partition coefficient (Wildman–Crippen LogP) is 4.66. The lowest BCUT2D eigenvalue weighted by Gasteiger charge is -2.10. The molecule has 1 heterocycles. The van der Waals surface area contributed by atoms with Crippen molar-refractivity contribution in [1.29, 1.82) is 0 Å². The fraction of sp³-hybridized carbons (Fsp3) is 0.167.